The second-order valence-electron chi connectivity index (χ2n) is 4.97. The molecule has 0 amide bonds. The molecule has 0 saturated heterocycles. The summed E-state index contributed by atoms with van der Waals surface area (Å²) in [7, 11) is 1.73. The number of aromatic carboxylic acids is 1. The van der Waals surface area contributed by atoms with Crippen molar-refractivity contribution in [3.63, 3.8) is 0 Å². The van der Waals surface area contributed by atoms with Gasteiger partial charge in [-0.25, -0.2) is 4.79 Å². The van der Waals surface area contributed by atoms with Gasteiger partial charge in [0.05, 0.1) is 11.6 Å². The number of benzene rings is 1. The topological polar surface area (TPSA) is 78.8 Å². The fraction of sp³-hybridized carbons (Fsp3) is 0.533. The molecule has 1 heterocycles. The molecular weight excluding hydrogens is 258 g/mol. The van der Waals surface area contributed by atoms with E-state index in [1.807, 2.05) is 13.8 Å². The molecule has 0 aliphatic carbocycles. The summed E-state index contributed by atoms with van der Waals surface area (Å²) in [5.74, 6) is -0.387. The molecule has 112 valence electrons. The molecule has 0 bridgehead atoms. The minimum absolute atomic E-state index is 0.185. The summed E-state index contributed by atoms with van der Waals surface area (Å²) in [6.07, 6.45) is -0.751. The van der Waals surface area contributed by atoms with Crippen LogP contribution < -0.4 is 10.1 Å². The van der Waals surface area contributed by atoms with Crippen LogP contribution in [0, 0.1) is 0 Å². The first kappa shape index (κ1) is 16.5. The lowest BCUT2D eigenvalue weighted by atomic mass is 9.86. The minimum Gasteiger partial charge on any atom is -0.485 e. The maximum Gasteiger partial charge on any atom is 0.335 e. The summed E-state index contributed by atoms with van der Waals surface area (Å²) in [4.78, 5) is 11.0. The monoisotopic (exact) mass is 281 g/mol. The second-order valence-corrected chi connectivity index (χ2v) is 4.97. The summed E-state index contributed by atoms with van der Waals surface area (Å²) < 4.78 is 5.72. The Morgan fingerprint density at radius 1 is 1.35 bits per heavy atom. The van der Waals surface area contributed by atoms with E-state index in [4.69, 9.17) is 9.84 Å². The molecular formula is C15H23NO4. The molecule has 2 rings (SSSR count). The van der Waals surface area contributed by atoms with E-state index in [1.165, 1.54) is 12.1 Å². The number of hydrogen-bond donors (Lipinski definition) is 3. The van der Waals surface area contributed by atoms with Gasteiger partial charge in [-0.15, -0.1) is 0 Å². The third-order valence-electron chi connectivity index (χ3n) is 3.30. The molecule has 1 unspecified atom stereocenters. The van der Waals surface area contributed by atoms with Crippen molar-refractivity contribution in [1.82, 2.24) is 5.32 Å². The lowest BCUT2D eigenvalue weighted by molar-refractivity contribution is -0.0632. The number of carboxylic acids is 1. The van der Waals surface area contributed by atoms with Crippen LogP contribution in [0.4, 0.5) is 0 Å². The third kappa shape index (κ3) is 2.94. The predicted octanol–water partition coefficient (Wildman–Crippen LogP) is 2.20. The normalized spacial score (nSPS) is 22.9. The van der Waals surface area contributed by atoms with Gasteiger partial charge in [0.1, 0.15) is 17.5 Å². The van der Waals surface area contributed by atoms with Gasteiger partial charge in [-0.1, -0.05) is 13.8 Å². The number of carboxylic acid groups (broad SMARTS) is 1. The van der Waals surface area contributed by atoms with Crippen LogP contribution in [0.25, 0.3) is 0 Å². The molecule has 5 nitrogen and oxygen atoms in total. The molecule has 0 aromatic heterocycles. The van der Waals surface area contributed by atoms with Gasteiger partial charge in [0.15, 0.2) is 0 Å². The molecule has 1 aliphatic rings. The smallest absolute Gasteiger partial charge is 0.335 e. The third-order valence-corrected chi connectivity index (χ3v) is 3.30. The first-order valence-corrected chi connectivity index (χ1v) is 6.78. The standard InChI is InChI=1S/C13H17NO4.C2H6/c1-13(2)11(15)10(14-3)8-6-7(12(16)17)4-5-9(8)18-13;1-2/h4-6,10-11,14-15H,1-3H3,(H,16,17);1-2H3/t10?,11-;/m0./s1. The Morgan fingerprint density at radius 3 is 2.45 bits per heavy atom. The number of nitrogens with one attached hydrogen (secondary N) is 1. The van der Waals surface area contributed by atoms with Gasteiger partial charge < -0.3 is 20.3 Å². The Hall–Kier alpha value is -1.59. The fourth-order valence-electron chi connectivity index (χ4n) is 2.25. The summed E-state index contributed by atoms with van der Waals surface area (Å²) in [5, 5.41) is 22.2. The number of aliphatic hydroxyl groups is 1. The molecule has 1 aromatic rings. The van der Waals surface area contributed by atoms with E-state index < -0.39 is 17.7 Å². The van der Waals surface area contributed by atoms with E-state index in [2.05, 4.69) is 5.32 Å². The van der Waals surface area contributed by atoms with E-state index in [0.29, 0.717) is 11.3 Å². The van der Waals surface area contributed by atoms with Gasteiger partial charge in [-0.05, 0) is 39.1 Å². The van der Waals surface area contributed by atoms with E-state index >= 15 is 0 Å². The number of ether oxygens (including phenoxy) is 1. The molecule has 1 aromatic carbocycles. The fourth-order valence-corrected chi connectivity index (χ4v) is 2.25. The zero-order chi connectivity index (χ0) is 15.5. The Kier molecular flexibility index (Phi) is 5.14. The summed E-state index contributed by atoms with van der Waals surface area (Å²) in [6, 6.07) is 4.33. The molecule has 0 radical (unpaired) electrons. The molecule has 0 saturated carbocycles. The first-order valence-electron chi connectivity index (χ1n) is 6.78. The zero-order valence-corrected chi connectivity index (χ0v) is 12.6. The highest BCUT2D eigenvalue weighted by atomic mass is 16.5. The average Bonchev–Trinajstić information content (AvgIpc) is 2.41. The molecule has 20 heavy (non-hydrogen) atoms. The predicted molar refractivity (Wildman–Crippen MR) is 77.3 cm³/mol. The van der Waals surface area contributed by atoms with E-state index in [9.17, 15) is 9.90 Å². The van der Waals surface area contributed by atoms with Crippen molar-refractivity contribution in [1.29, 1.82) is 0 Å². The van der Waals surface area contributed by atoms with Crippen LogP contribution in [0.2, 0.25) is 0 Å². The van der Waals surface area contributed by atoms with Gasteiger partial charge in [0.25, 0.3) is 0 Å². The molecule has 1 aliphatic heterocycles. The number of rotatable bonds is 2. The highest BCUT2D eigenvalue weighted by molar-refractivity contribution is 5.88. The van der Waals surface area contributed by atoms with Crippen molar-refractivity contribution in [3.8, 4) is 5.75 Å². The number of likely N-dealkylation sites (N-methyl/N-ethyl adjacent to an activating group) is 1. The number of fused-ring (bicyclic) bond motifs is 1. The summed E-state index contributed by atoms with van der Waals surface area (Å²) >= 11 is 0. The van der Waals surface area contributed by atoms with Crippen LogP contribution in [-0.4, -0.2) is 34.9 Å². The lowest BCUT2D eigenvalue weighted by Crippen LogP contribution is -2.52. The van der Waals surface area contributed by atoms with Crippen LogP contribution in [0.15, 0.2) is 18.2 Å². The molecule has 2 atom stereocenters. The van der Waals surface area contributed by atoms with Crippen LogP contribution in [0.1, 0.15) is 49.7 Å². The van der Waals surface area contributed by atoms with Crippen LogP contribution in [0.3, 0.4) is 0 Å². The number of aliphatic hydroxyl groups excluding tert-OH is 1. The molecule has 0 spiro atoms. The average molecular weight is 281 g/mol. The van der Waals surface area contributed by atoms with Crippen molar-refractivity contribution in [2.45, 2.75) is 45.4 Å². The van der Waals surface area contributed by atoms with Gasteiger partial charge in [0.2, 0.25) is 0 Å². The number of hydrogen-bond acceptors (Lipinski definition) is 4. The first-order chi connectivity index (χ1) is 9.36. The van der Waals surface area contributed by atoms with E-state index in [0.717, 1.165) is 0 Å². The summed E-state index contributed by atoms with van der Waals surface area (Å²) in [5.41, 5.74) is 0.138. The van der Waals surface area contributed by atoms with Crippen LogP contribution in [-0.2, 0) is 0 Å². The van der Waals surface area contributed by atoms with Gasteiger partial charge in [-0.3, -0.25) is 0 Å². The van der Waals surface area contributed by atoms with Crippen molar-refractivity contribution in [2.75, 3.05) is 7.05 Å². The quantitative estimate of drug-likeness (QED) is 0.774. The number of carbonyl (C=O) groups is 1. The second kappa shape index (κ2) is 6.24. The zero-order valence-electron chi connectivity index (χ0n) is 12.6. The maximum absolute atomic E-state index is 11.0. The van der Waals surface area contributed by atoms with E-state index in [-0.39, 0.29) is 11.6 Å². The van der Waals surface area contributed by atoms with Crippen molar-refractivity contribution < 1.29 is 19.7 Å². The van der Waals surface area contributed by atoms with E-state index in [1.54, 1.807) is 27.0 Å². The maximum atomic E-state index is 11.0. The van der Waals surface area contributed by atoms with Crippen LogP contribution in [0.5, 0.6) is 5.75 Å². The van der Waals surface area contributed by atoms with Crippen molar-refractivity contribution >= 4 is 5.97 Å². The minimum atomic E-state index is -0.994. The summed E-state index contributed by atoms with van der Waals surface area (Å²) in [6.45, 7) is 7.60. The largest absolute Gasteiger partial charge is 0.485 e. The Morgan fingerprint density at radius 2 is 1.95 bits per heavy atom. The van der Waals surface area contributed by atoms with Gasteiger partial charge in [0, 0.05) is 5.56 Å². The Balaban J connectivity index is 0.000000956. The SMILES string of the molecule is CC.CNC1c2cc(C(=O)O)ccc2OC(C)(C)[C@H]1O. The van der Waals surface area contributed by atoms with Gasteiger partial charge >= 0.3 is 5.97 Å². The van der Waals surface area contributed by atoms with Crippen molar-refractivity contribution in [2.24, 2.45) is 0 Å². The van der Waals surface area contributed by atoms with Crippen molar-refractivity contribution in [3.05, 3.63) is 29.3 Å². The van der Waals surface area contributed by atoms with Crippen LogP contribution >= 0.6 is 0 Å². The molecule has 0 fully saturated rings. The molecule has 5 heteroatoms. The Labute approximate surface area is 119 Å². The highest BCUT2D eigenvalue weighted by Gasteiger charge is 2.42. The molecule has 3 N–H and O–H groups in total. The lowest BCUT2D eigenvalue weighted by Gasteiger charge is -2.42. The highest BCUT2D eigenvalue weighted by Crippen LogP contribution is 2.39. The Bertz CT molecular complexity index is 485. The van der Waals surface area contributed by atoms with Gasteiger partial charge in [-0.2, -0.15) is 0 Å².